The monoisotopic (exact) mass is 271 g/mol. The van der Waals surface area contributed by atoms with Crippen LogP contribution in [0.1, 0.15) is 30.4 Å². The average molecular weight is 271 g/mol. The van der Waals surface area contributed by atoms with Crippen LogP contribution in [-0.2, 0) is 11.8 Å². The van der Waals surface area contributed by atoms with E-state index in [1.165, 1.54) is 17.5 Å². The standard InChI is InChI=1S/C17H21NO2/c1-19-14-6-5-11-10-13(18)12-4-2-3-7-17(12)8-9-20-16(14)15(11)17/h3,5-7,12-13H,2,4,8-10,18H2,1H3. The molecular weight excluding hydrogens is 250 g/mol. The molecule has 3 heteroatoms. The van der Waals surface area contributed by atoms with Gasteiger partial charge in [0.25, 0.3) is 0 Å². The summed E-state index contributed by atoms with van der Waals surface area (Å²) in [6, 6.07) is 4.45. The predicted molar refractivity (Wildman–Crippen MR) is 78.3 cm³/mol. The Bertz CT molecular complexity index is 581. The van der Waals surface area contributed by atoms with E-state index < -0.39 is 0 Å². The van der Waals surface area contributed by atoms with Crippen molar-refractivity contribution < 1.29 is 9.47 Å². The SMILES string of the molecule is COc1ccc2c3c1OCCC31C=CCCC1C(N)C2. The molecule has 3 aliphatic rings. The summed E-state index contributed by atoms with van der Waals surface area (Å²) in [4.78, 5) is 0. The molecule has 0 radical (unpaired) electrons. The molecule has 1 aromatic carbocycles. The quantitative estimate of drug-likeness (QED) is 0.798. The van der Waals surface area contributed by atoms with E-state index in [-0.39, 0.29) is 11.5 Å². The van der Waals surface area contributed by atoms with Gasteiger partial charge in [-0.2, -0.15) is 0 Å². The molecule has 1 aliphatic heterocycles. The summed E-state index contributed by atoms with van der Waals surface area (Å²) in [6.07, 6.45) is 9.06. The minimum Gasteiger partial charge on any atom is -0.493 e. The number of benzene rings is 1. The molecule has 106 valence electrons. The Labute approximate surface area is 119 Å². The fourth-order valence-corrected chi connectivity index (χ4v) is 4.52. The van der Waals surface area contributed by atoms with Crippen molar-refractivity contribution in [3.8, 4) is 11.5 Å². The highest BCUT2D eigenvalue weighted by Gasteiger charge is 2.50. The van der Waals surface area contributed by atoms with Crippen molar-refractivity contribution in [3.63, 3.8) is 0 Å². The molecule has 2 aliphatic carbocycles. The summed E-state index contributed by atoms with van der Waals surface area (Å²) in [7, 11) is 1.71. The third-order valence-corrected chi connectivity index (χ3v) is 5.35. The second kappa shape index (κ2) is 4.26. The van der Waals surface area contributed by atoms with Crippen molar-refractivity contribution in [2.75, 3.05) is 13.7 Å². The van der Waals surface area contributed by atoms with Gasteiger partial charge in [-0.05, 0) is 43.2 Å². The van der Waals surface area contributed by atoms with Gasteiger partial charge in [0.2, 0.25) is 0 Å². The van der Waals surface area contributed by atoms with Gasteiger partial charge >= 0.3 is 0 Å². The molecule has 3 nitrogen and oxygen atoms in total. The number of hydrogen-bond acceptors (Lipinski definition) is 3. The summed E-state index contributed by atoms with van der Waals surface area (Å²) in [5, 5.41) is 0. The van der Waals surface area contributed by atoms with E-state index >= 15 is 0 Å². The molecular formula is C17H21NO2. The van der Waals surface area contributed by atoms with Crippen LogP contribution in [0.4, 0.5) is 0 Å². The highest BCUT2D eigenvalue weighted by Crippen LogP contribution is 2.56. The molecule has 20 heavy (non-hydrogen) atoms. The van der Waals surface area contributed by atoms with E-state index in [9.17, 15) is 0 Å². The van der Waals surface area contributed by atoms with Crippen LogP contribution < -0.4 is 15.2 Å². The first-order chi connectivity index (χ1) is 9.76. The highest BCUT2D eigenvalue weighted by molar-refractivity contribution is 5.59. The minimum atomic E-state index is 0.0768. The topological polar surface area (TPSA) is 44.5 Å². The summed E-state index contributed by atoms with van der Waals surface area (Å²) >= 11 is 0. The van der Waals surface area contributed by atoms with Gasteiger partial charge < -0.3 is 15.2 Å². The molecule has 1 aromatic rings. The molecule has 4 rings (SSSR count). The predicted octanol–water partition coefficient (Wildman–Crippen LogP) is 2.57. The van der Waals surface area contributed by atoms with E-state index in [4.69, 9.17) is 15.2 Å². The van der Waals surface area contributed by atoms with E-state index in [0.29, 0.717) is 5.92 Å². The molecule has 3 unspecified atom stereocenters. The molecule has 0 aromatic heterocycles. The molecule has 0 fully saturated rings. The van der Waals surface area contributed by atoms with Gasteiger partial charge in [-0.15, -0.1) is 0 Å². The number of nitrogens with two attached hydrogens (primary N) is 1. The van der Waals surface area contributed by atoms with E-state index in [1.54, 1.807) is 7.11 Å². The number of allylic oxidation sites excluding steroid dienone is 2. The zero-order valence-corrected chi connectivity index (χ0v) is 11.9. The van der Waals surface area contributed by atoms with Crippen LogP contribution in [0.2, 0.25) is 0 Å². The summed E-state index contributed by atoms with van der Waals surface area (Å²) in [5.41, 5.74) is 9.28. The lowest BCUT2D eigenvalue weighted by molar-refractivity contribution is 0.145. The second-order valence-electron chi connectivity index (χ2n) is 6.22. The smallest absolute Gasteiger partial charge is 0.165 e. The van der Waals surface area contributed by atoms with Crippen molar-refractivity contribution in [1.29, 1.82) is 0 Å². The molecule has 0 amide bonds. The van der Waals surface area contributed by atoms with E-state index in [0.717, 1.165) is 37.4 Å². The first-order valence-electron chi connectivity index (χ1n) is 7.53. The van der Waals surface area contributed by atoms with E-state index in [1.807, 2.05) is 6.07 Å². The Morgan fingerprint density at radius 1 is 1.40 bits per heavy atom. The Kier molecular flexibility index (Phi) is 2.61. The summed E-state index contributed by atoms with van der Waals surface area (Å²) in [6.45, 7) is 0.750. The van der Waals surface area contributed by atoms with Gasteiger partial charge in [0, 0.05) is 17.0 Å². The fraction of sp³-hybridized carbons (Fsp3) is 0.529. The van der Waals surface area contributed by atoms with Gasteiger partial charge in [0.15, 0.2) is 11.5 Å². The molecule has 2 N–H and O–H groups in total. The Balaban J connectivity index is 2.01. The van der Waals surface area contributed by atoms with Gasteiger partial charge in [-0.3, -0.25) is 0 Å². The normalized spacial score (nSPS) is 33.9. The second-order valence-corrected chi connectivity index (χ2v) is 6.22. The number of ether oxygens (including phenoxy) is 2. The first-order valence-corrected chi connectivity index (χ1v) is 7.53. The van der Waals surface area contributed by atoms with Crippen LogP contribution in [0.5, 0.6) is 11.5 Å². The number of rotatable bonds is 1. The molecule has 0 saturated carbocycles. The van der Waals surface area contributed by atoms with Gasteiger partial charge in [-0.1, -0.05) is 18.2 Å². The fourth-order valence-electron chi connectivity index (χ4n) is 4.52. The number of methoxy groups -OCH3 is 1. The van der Waals surface area contributed by atoms with Crippen LogP contribution in [0.15, 0.2) is 24.3 Å². The maximum Gasteiger partial charge on any atom is 0.165 e. The largest absolute Gasteiger partial charge is 0.493 e. The van der Waals surface area contributed by atoms with Gasteiger partial charge in [0.05, 0.1) is 13.7 Å². The lowest BCUT2D eigenvalue weighted by Gasteiger charge is -2.51. The minimum absolute atomic E-state index is 0.0768. The van der Waals surface area contributed by atoms with Crippen LogP contribution in [-0.4, -0.2) is 19.8 Å². The van der Waals surface area contributed by atoms with Crippen molar-refractivity contribution in [2.24, 2.45) is 11.7 Å². The highest BCUT2D eigenvalue weighted by atomic mass is 16.5. The maximum absolute atomic E-state index is 6.50. The maximum atomic E-state index is 6.50. The van der Waals surface area contributed by atoms with Crippen LogP contribution in [0.3, 0.4) is 0 Å². The molecule has 1 heterocycles. The van der Waals surface area contributed by atoms with Crippen molar-refractivity contribution in [2.45, 2.75) is 37.1 Å². The van der Waals surface area contributed by atoms with Crippen molar-refractivity contribution >= 4 is 0 Å². The Hall–Kier alpha value is -1.48. The molecule has 3 atom stereocenters. The van der Waals surface area contributed by atoms with Crippen LogP contribution >= 0.6 is 0 Å². The zero-order chi connectivity index (χ0) is 13.7. The first kappa shape index (κ1) is 12.3. The van der Waals surface area contributed by atoms with Crippen molar-refractivity contribution in [3.05, 3.63) is 35.4 Å². The molecule has 0 saturated heterocycles. The average Bonchev–Trinajstić information content (AvgIpc) is 2.47. The third kappa shape index (κ3) is 1.44. The van der Waals surface area contributed by atoms with Crippen LogP contribution in [0.25, 0.3) is 0 Å². The zero-order valence-electron chi connectivity index (χ0n) is 11.9. The van der Waals surface area contributed by atoms with Gasteiger partial charge in [-0.25, -0.2) is 0 Å². The molecule has 0 bridgehead atoms. The summed E-state index contributed by atoms with van der Waals surface area (Å²) < 4.78 is 11.5. The Morgan fingerprint density at radius 3 is 3.15 bits per heavy atom. The summed E-state index contributed by atoms with van der Waals surface area (Å²) in [5.74, 6) is 2.35. The van der Waals surface area contributed by atoms with E-state index in [2.05, 4.69) is 18.2 Å². The van der Waals surface area contributed by atoms with Crippen LogP contribution in [0, 0.1) is 5.92 Å². The number of hydrogen-bond donors (Lipinski definition) is 1. The lowest BCUT2D eigenvalue weighted by Crippen LogP contribution is -2.52. The third-order valence-electron chi connectivity index (χ3n) is 5.35. The van der Waals surface area contributed by atoms with Gasteiger partial charge in [0.1, 0.15) is 0 Å². The molecule has 1 spiro atoms. The lowest BCUT2D eigenvalue weighted by atomic mass is 9.56. The van der Waals surface area contributed by atoms with Crippen molar-refractivity contribution in [1.82, 2.24) is 0 Å². The Morgan fingerprint density at radius 2 is 2.30 bits per heavy atom.